The van der Waals surface area contributed by atoms with Crippen molar-refractivity contribution in [3.8, 4) is 11.8 Å². The summed E-state index contributed by atoms with van der Waals surface area (Å²) in [4.78, 5) is 38.3. The van der Waals surface area contributed by atoms with Crippen molar-refractivity contribution in [3.63, 3.8) is 0 Å². The van der Waals surface area contributed by atoms with Gasteiger partial charge in [0, 0.05) is 50.0 Å². The van der Waals surface area contributed by atoms with Gasteiger partial charge in [-0.25, -0.2) is 19.2 Å². The zero-order valence-corrected chi connectivity index (χ0v) is 25.3. The van der Waals surface area contributed by atoms with Crippen LogP contribution in [-0.2, 0) is 26.2 Å². The summed E-state index contributed by atoms with van der Waals surface area (Å²) in [7, 11) is 0. The lowest BCUT2D eigenvalue weighted by molar-refractivity contribution is 0.0622. The number of aryl methyl sites for hydroxylation is 1. The normalized spacial score (nSPS) is 13.5. The predicted octanol–water partition coefficient (Wildman–Crippen LogP) is 4.55. The maximum absolute atomic E-state index is 14.3. The van der Waals surface area contributed by atoms with E-state index in [0.717, 1.165) is 29.1 Å². The number of carboxylic acid groups (broad SMARTS) is 1. The summed E-state index contributed by atoms with van der Waals surface area (Å²) in [6.45, 7) is 6.12. The van der Waals surface area contributed by atoms with Crippen molar-refractivity contribution < 1.29 is 23.8 Å². The number of fused-ring (bicyclic) bond motifs is 1. The van der Waals surface area contributed by atoms with Crippen LogP contribution in [0.2, 0.25) is 0 Å². The number of halogens is 1. The highest BCUT2D eigenvalue weighted by Gasteiger charge is 2.25. The molecule has 1 amide bonds. The molecule has 5 aromatic rings. The third kappa shape index (κ3) is 6.45. The highest BCUT2D eigenvalue weighted by atomic mass is 19.1. The second kappa shape index (κ2) is 13.2. The summed E-state index contributed by atoms with van der Waals surface area (Å²) >= 11 is 0. The number of carbonyl (C=O) groups excluding carboxylic acids is 1. The molecule has 1 saturated heterocycles. The second-order valence-corrected chi connectivity index (χ2v) is 11.1. The number of ether oxygens (including phenoxy) is 1. The van der Waals surface area contributed by atoms with E-state index in [1.165, 1.54) is 18.2 Å². The molecule has 1 aliphatic rings. The Hall–Kier alpha value is -5.54. The summed E-state index contributed by atoms with van der Waals surface area (Å²) < 4.78 is 24.1. The topological polar surface area (TPSA) is 130 Å². The zero-order valence-electron chi connectivity index (χ0n) is 25.3. The molecule has 0 aliphatic carbocycles. The third-order valence-electron chi connectivity index (χ3n) is 8.22. The summed E-state index contributed by atoms with van der Waals surface area (Å²) in [6, 6.07) is 18.0. The standard InChI is InChI=1S/C34H32FN7O4/c1-2-40-22-37-18-27(40)19-42-31-16-25(34(44)45)8-9-30(31)38-32(42)20-39-10-12-41(13-11-39)33(43)24-4-3-5-28(15-24)46-21-26-7-6-23(17-36)14-29(26)35/h3-9,14-16,18,22H,2,10-13,19-21H2,1H3,(H,44,45). The van der Waals surface area contributed by atoms with Crippen LogP contribution in [0.4, 0.5) is 4.39 Å². The molecule has 1 fully saturated rings. The molecule has 12 heteroatoms. The number of aromatic nitrogens is 4. The van der Waals surface area contributed by atoms with Crippen LogP contribution in [-0.4, -0.2) is 72.1 Å². The van der Waals surface area contributed by atoms with Crippen LogP contribution < -0.4 is 4.74 Å². The number of benzene rings is 3. The number of piperazine rings is 1. The molecular weight excluding hydrogens is 589 g/mol. The molecule has 2 aromatic heterocycles. The quantitative estimate of drug-likeness (QED) is 0.241. The fraction of sp³-hybridized carbons (Fsp3) is 0.265. The number of aromatic carboxylic acids is 1. The van der Waals surface area contributed by atoms with Gasteiger partial charge in [-0.05, 0) is 55.5 Å². The number of carbonyl (C=O) groups is 2. The number of imidazole rings is 2. The van der Waals surface area contributed by atoms with Crippen LogP contribution >= 0.6 is 0 Å². The number of amides is 1. The van der Waals surface area contributed by atoms with Gasteiger partial charge in [-0.3, -0.25) is 9.69 Å². The number of nitriles is 1. The van der Waals surface area contributed by atoms with Crippen LogP contribution in [0.5, 0.6) is 5.75 Å². The Balaban J connectivity index is 1.12. The van der Waals surface area contributed by atoms with Gasteiger partial charge >= 0.3 is 5.97 Å². The predicted molar refractivity (Wildman–Crippen MR) is 167 cm³/mol. The van der Waals surface area contributed by atoms with Gasteiger partial charge < -0.3 is 23.9 Å². The molecule has 46 heavy (non-hydrogen) atoms. The van der Waals surface area contributed by atoms with Crippen molar-refractivity contribution in [2.75, 3.05) is 26.2 Å². The Morgan fingerprint density at radius 3 is 2.59 bits per heavy atom. The zero-order chi connectivity index (χ0) is 32.2. The molecule has 0 unspecified atom stereocenters. The number of hydrogen-bond donors (Lipinski definition) is 1. The van der Waals surface area contributed by atoms with Crippen LogP contribution in [0.25, 0.3) is 11.0 Å². The third-order valence-corrected chi connectivity index (χ3v) is 8.22. The van der Waals surface area contributed by atoms with Gasteiger partial charge in [0.25, 0.3) is 5.91 Å². The molecule has 0 bridgehead atoms. The summed E-state index contributed by atoms with van der Waals surface area (Å²) in [5.41, 5.74) is 3.70. The minimum Gasteiger partial charge on any atom is -0.489 e. The minimum atomic E-state index is -0.993. The molecule has 11 nitrogen and oxygen atoms in total. The summed E-state index contributed by atoms with van der Waals surface area (Å²) in [5, 5.41) is 18.5. The Kier molecular flexibility index (Phi) is 8.76. The monoisotopic (exact) mass is 621 g/mol. The smallest absolute Gasteiger partial charge is 0.335 e. The molecule has 0 radical (unpaired) electrons. The van der Waals surface area contributed by atoms with Gasteiger partial charge in [0.15, 0.2) is 0 Å². The fourth-order valence-electron chi connectivity index (χ4n) is 5.63. The van der Waals surface area contributed by atoms with Gasteiger partial charge in [-0.2, -0.15) is 5.26 Å². The van der Waals surface area contributed by atoms with Gasteiger partial charge in [0.1, 0.15) is 24.0 Å². The second-order valence-electron chi connectivity index (χ2n) is 11.1. The van der Waals surface area contributed by atoms with Gasteiger partial charge in [0.05, 0.1) is 53.3 Å². The Morgan fingerprint density at radius 1 is 1.02 bits per heavy atom. The molecule has 0 spiro atoms. The van der Waals surface area contributed by atoms with E-state index in [1.807, 2.05) is 23.8 Å². The van der Waals surface area contributed by atoms with E-state index in [9.17, 15) is 19.1 Å². The van der Waals surface area contributed by atoms with E-state index in [-0.39, 0.29) is 23.6 Å². The maximum atomic E-state index is 14.3. The van der Waals surface area contributed by atoms with E-state index >= 15 is 0 Å². The molecular formula is C34H32FN7O4. The first kappa shape index (κ1) is 30.5. The average molecular weight is 622 g/mol. The van der Waals surface area contributed by atoms with Gasteiger partial charge in [-0.1, -0.05) is 12.1 Å². The fourth-order valence-corrected chi connectivity index (χ4v) is 5.63. The molecule has 0 atom stereocenters. The molecule has 6 rings (SSSR count). The van der Waals surface area contributed by atoms with Crippen LogP contribution in [0.1, 0.15) is 50.3 Å². The molecule has 1 N–H and O–H groups in total. The summed E-state index contributed by atoms with van der Waals surface area (Å²) in [6.07, 6.45) is 3.60. The molecule has 3 heterocycles. The van der Waals surface area contributed by atoms with Crippen molar-refractivity contribution in [1.29, 1.82) is 5.26 Å². The van der Waals surface area contributed by atoms with E-state index in [0.29, 0.717) is 56.1 Å². The minimum absolute atomic E-state index is 0.0307. The van der Waals surface area contributed by atoms with Crippen LogP contribution in [0, 0.1) is 17.1 Å². The van der Waals surface area contributed by atoms with Gasteiger partial charge in [0.2, 0.25) is 0 Å². The van der Waals surface area contributed by atoms with E-state index in [4.69, 9.17) is 15.0 Å². The lowest BCUT2D eigenvalue weighted by Crippen LogP contribution is -2.48. The Bertz CT molecular complexity index is 1950. The van der Waals surface area contributed by atoms with Crippen LogP contribution in [0.3, 0.4) is 0 Å². The number of rotatable bonds is 10. The van der Waals surface area contributed by atoms with E-state index < -0.39 is 11.8 Å². The van der Waals surface area contributed by atoms with E-state index in [2.05, 4.69) is 14.5 Å². The molecule has 1 aliphatic heterocycles. The van der Waals surface area contributed by atoms with Crippen molar-refractivity contribution in [1.82, 2.24) is 28.9 Å². The van der Waals surface area contributed by atoms with Crippen molar-refractivity contribution >= 4 is 22.9 Å². The SMILES string of the molecule is CCn1cncc1Cn1c(CN2CCN(C(=O)c3cccc(OCc4ccc(C#N)cc4F)c3)CC2)nc2ccc(C(=O)O)cc21. The first-order chi connectivity index (χ1) is 22.3. The largest absolute Gasteiger partial charge is 0.489 e. The Morgan fingerprint density at radius 2 is 1.85 bits per heavy atom. The first-order valence-electron chi connectivity index (χ1n) is 15.0. The highest BCUT2D eigenvalue weighted by Crippen LogP contribution is 2.23. The number of hydrogen-bond acceptors (Lipinski definition) is 7. The van der Waals surface area contributed by atoms with Gasteiger partial charge in [-0.15, -0.1) is 0 Å². The van der Waals surface area contributed by atoms with Crippen LogP contribution in [0.15, 0.2) is 73.2 Å². The lowest BCUT2D eigenvalue weighted by Gasteiger charge is -2.34. The number of nitrogens with zero attached hydrogens (tertiary/aromatic N) is 7. The molecule has 0 saturated carbocycles. The Labute approximate surface area is 264 Å². The van der Waals surface area contributed by atoms with E-state index in [1.54, 1.807) is 53.7 Å². The molecule has 234 valence electrons. The lowest BCUT2D eigenvalue weighted by atomic mass is 10.1. The van der Waals surface area contributed by atoms with Crippen molar-refractivity contribution in [3.05, 3.63) is 113 Å². The maximum Gasteiger partial charge on any atom is 0.335 e. The van der Waals surface area contributed by atoms with Crippen molar-refractivity contribution in [2.45, 2.75) is 33.2 Å². The molecule has 3 aromatic carbocycles. The average Bonchev–Trinajstić information content (AvgIpc) is 3.67. The summed E-state index contributed by atoms with van der Waals surface area (Å²) in [5.74, 6) is -0.367. The number of carboxylic acids is 1. The van der Waals surface area contributed by atoms with Crippen molar-refractivity contribution in [2.24, 2.45) is 0 Å². The first-order valence-corrected chi connectivity index (χ1v) is 15.0. The highest BCUT2D eigenvalue weighted by molar-refractivity contribution is 5.94.